The third-order valence-corrected chi connectivity index (χ3v) is 1.81. The summed E-state index contributed by atoms with van der Waals surface area (Å²) < 4.78 is 17.2. The van der Waals surface area contributed by atoms with E-state index in [9.17, 15) is 19.1 Å². The van der Waals surface area contributed by atoms with E-state index in [-0.39, 0.29) is 11.3 Å². The van der Waals surface area contributed by atoms with Crippen molar-refractivity contribution in [1.82, 2.24) is 0 Å². The van der Waals surface area contributed by atoms with Crippen molar-refractivity contribution in [3.05, 3.63) is 29.8 Å². The molecule has 0 aromatic heterocycles. The Bertz CT molecular complexity index is 389. The highest BCUT2D eigenvalue weighted by Crippen LogP contribution is 2.18. The maximum absolute atomic E-state index is 13.1. The second-order valence-electron chi connectivity index (χ2n) is 2.77. The molecule has 0 aliphatic rings. The van der Waals surface area contributed by atoms with Gasteiger partial charge in [0.25, 0.3) is 6.17 Å². The Morgan fingerprint density at radius 2 is 2.00 bits per heavy atom. The lowest BCUT2D eigenvalue weighted by molar-refractivity contribution is -0.144. The number of aromatic hydroxyl groups is 1. The maximum Gasteiger partial charge on any atom is 0.348 e. The van der Waals surface area contributed by atoms with Crippen molar-refractivity contribution in [3.8, 4) is 5.75 Å². The topological polar surface area (TPSA) is 63.6 Å². The normalized spacial score (nSPS) is 11.9. The number of hydrogen-bond donors (Lipinski definition) is 1. The fraction of sp³-hybridized carbons (Fsp3) is 0.200. The first-order valence-corrected chi connectivity index (χ1v) is 4.12. The first-order valence-electron chi connectivity index (χ1n) is 4.12. The number of phenols is 1. The van der Waals surface area contributed by atoms with E-state index in [2.05, 4.69) is 4.74 Å². The van der Waals surface area contributed by atoms with Gasteiger partial charge in [-0.1, -0.05) is 12.1 Å². The number of phenolic OH excluding ortho intramolecular Hbond substituents is 1. The zero-order chi connectivity index (χ0) is 11.4. The molecule has 0 heterocycles. The molecule has 0 radical (unpaired) electrons. The molecule has 1 unspecified atom stereocenters. The third-order valence-electron chi connectivity index (χ3n) is 1.81. The number of ketones is 1. The quantitative estimate of drug-likeness (QED) is 0.462. The standard InChI is InChI=1S/C10H9FO4/c1-15-10(14)8(11)9(13)6-4-2-3-5-7(6)12/h2-5,8,12H,1H3. The Morgan fingerprint density at radius 1 is 1.40 bits per heavy atom. The molecule has 1 N–H and O–H groups in total. The smallest absolute Gasteiger partial charge is 0.348 e. The number of methoxy groups -OCH3 is 1. The Labute approximate surface area is 85.3 Å². The fourth-order valence-corrected chi connectivity index (χ4v) is 1.03. The minimum Gasteiger partial charge on any atom is -0.507 e. The maximum atomic E-state index is 13.1. The van der Waals surface area contributed by atoms with Crippen LogP contribution < -0.4 is 0 Å². The number of hydrogen-bond acceptors (Lipinski definition) is 4. The van der Waals surface area contributed by atoms with Crippen LogP contribution in [0.15, 0.2) is 24.3 Å². The third kappa shape index (κ3) is 2.31. The molecule has 5 heteroatoms. The van der Waals surface area contributed by atoms with Crippen molar-refractivity contribution in [2.45, 2.75) is 6.17 Å². The van der Waals surface area contributed by atoms with Crippen LogP contribution in [0.2, 0.25) is 0 Å². The van der Waals surface area contributed by atoms with Crippen LogP contribution in [0.4, 0.5) is 4.39 Å². The van der Waals surface area contributed by atoms with Gasteiger partial charge >= 0.3 is 5.97 Å². The lowest BCUT2D eigenvalue weighted by Crippen LogP contribution is -2.26. The van der Waals surface area contributed by atoms with Crippen molar-refractivity contribution in [3.63, 3.8) is 0 Å². The molecule has 0 saturated carbocycles. The molecule has 0 bridgehead atoms. The van der Waals surface area contributed by atoms with E-state index in [0.717, 1.165) is 7.11 Å². The van der Waals surface area contributed by atoms with Crippen molar-refractivity contribution >= 4 is 11.8 Å². The van der Waals surface area contributed by atoms with Gasteiger partial charge in [-0.15, -0.1) is 0 Å². The van der Waals surface area contributed by atoms with Crippen LogP contribution in [0.1, 0.15) is 10.4 Å². The molecule has 0 spiro atoms. The molecule has 0 aliphatic heterocycles. The lowest BCUT2D eigenvalue weighted by atomic mass is 10.1. The van der Waals surface area contributed by atoms with Gasteiger partial charge in [0.2, 0.25) is 5.78 Å². The first kappa shape index (κ1) is 11.2. The number of Topliss-reactive ketones (excluding diaryl/α,β-unsaturated/α-hetero) is 1. The van der Waals surface area contributed by atoms with Crippen molar-refractivity contribution < 1.29 is 23.8 Å². The van der Waals surface area contributed by atoms with Gasteiger partial charge in [0.05, 0.1) is 12.7 Å². The van der Waals surface area contributed by atoms with Crippen LogP contribution in [0.25, 0.3) is 0 Å². The van der Waals surface area contributed by atoms with E-state index in [1.807, 2.05) is 0 Å². The highest BCUT2D eigenvalue weighted by Gasteiger charge is 2.29. The molecule has 1 aromatic rings. The van der Waals surface area contributed by atoms with Crippen molar-refractivity contribution in [2.24, 2.45) is 0 Å². The lowest BCUT2D eigenvalue weighted by Gasteiger charge is -2.06. The van der Waals surface area contributed by atoms with Crippen molar-refractivity contribution in [1.29, 1.82) is 0 Å². The van der Waals surface area contributed by atoms with Crippen molar-refractivity contribution in [2.75, 3.05) is 7.11 Å². The monoisotopic (exact) mass is 212 g/mol. The van der Waals surface area contributed by atoms with Gasteiger partial charge in [-0.3, -0.25) is 4.79 Å². The average Bonchev–Trinajstić information content (AvgIpc) is 2.26. The minimum atomic E-state index is -2.40. The predicted molar refractivity (Wildman–Crippen MR) is 49.3 cm³/mol. The number of carbonyl (C=O) groups is 2. The predicted octanol–water partition coefficient (Wildman–Crippen LogP) is 1.09. The molecule has 1 rings (SSSR count). The number of para-hydroxylation sites is 1. The van der Waals surface area contributed by atoms with Gasteiger partial charge in [0, 0.05) is 0 Å². The van der Waals surface area contributed by atoms with Crippen LogP contribution in [-0.4, -0.2) is 30.1 Å². The largest absolute Gasteiger partial charge is 0.507 e. The van der Waals surface area contributed by atoms with Crippen LogP contribution in [-0.2, 0) is 9.53 Å². The number of alkyl halides is 1. The summed E-state index contributed by atoms with van der Waals surface area (Å²) in [6.45, 7) is 0. The second-order valence-corrected chi connectivity index (χ2v) is 2.77. The molecule has 1 aromatic carbocycles. The van der Waals surface area contributed by atoms with Gasteiger partial charge in [-0.05, 0) is 12.1 Å². The summed E-state index contributed by atoms with van der Waals surface area (Å²) in [7, 11) is 0.979. The molecule has 0 aliphatic carbocycles. The van der Waals surface area contributed by atoms with Crippen LogP contribution >= 0.6 is 0 Å². The number of benzene rings is 1. The number of carbonyl (C=O) groups excluding carboxylic acids is 2. The summed E-state index contributed by atoms with van der Waals surface area (Å²) in [6, 6.07) is 5.40. The number of esters is 1. The number of ether oxygens (including phenoxy) is 1. The molecular formula is C10H9FO4. The van der Waals surface area contributed by atoms with Crippen LogP contribution in [0.5, 0.6) is 5.75 Å². The first-order chi connectivity index (χ1) is 7.07. The molecule has 80 valence electrons. The number of halogens is 1. The number of rotatable bonds is 3. The Balaban J connectivity index is 2.95. The summed E-state index contributed by atoms with van der Waals surface area (Å²) in [5, 5.41) is 9.24. The highest BCUT2D eigenvalue weighted by molar-refractivity contribution is 6.12. The van der Waals surface area contributed by atoms with Gasteiger partial charge in [-0.2, -0.15) is 0 Å². The molecule has 1 atom stereocenters. The van der Waals surface area contributed by atoms with Gasteiger partial charge in [0.15, 0.2) is 0 Å². The van der Waals surface area contributed by atoms with E-state index in [1.165, 1.54) is 24.3 Å². The molecule has 4 nitrogen and oxygen atoms in total. The fourth-order valence-electron chi connectivity index (χ4n) is 1.03. The summed E-state index contributed by atoms with van der Waals surface area (Å²) in [4.78, 5) is 22.1. The zero-order valence-corrected chi connectivity index (χ0v) is 7.94. The summed E-state index contributed by atoms with van der Waals surface area (Å²) >= 11 is 0. The molecule has 0 fully saturated rings. The second kappa shape index (κ2) is 4.54. The minimum absolute atomic E-state index is 0.240. The molecule has 0 amide bonds. The molecule has 0 saturated heterocycles. The van der Waals surface area contributed by atoms with E-state index in [1.54, 1.807) is 0 Å². The van der Waals surface area contributed by atoms with Crippen LogP contribution in [0.3, 0.4) is 0 Å². The van der Waals surface area contributed by atoms with Crippen LogP contribution in [0, 0.1) is 0 Å². The van der Waals surface area contributed by atoms with Gasteiger partial charge in [-0.25, -0.2) is 9.18 Å². The van der Waals surface area contributed by atoms with E-state index in [4.69, 9.17) is 0 Å². The van der Waals surface area contributed by atoms with Gasteiger partial charge in [0.1, 0.15) is 5.75 Å². The van der Waals surface area contributed by atoms with E-state index >= 15 is 0 Å². The molecule has 15 heavy (non-hydrogen) atoms. The highest BCUT2D eigenvalue weighted by atomic mass is 19.1. The molecular weight excluding hydrogens is 203 g/mol. The summed E-state index contributed by atoms with van der Waals surface area (Å²) in [5.74, 6) is -2.75. The van der Waals surface area contributed by atoms with E-state index in [0.29, 0.717) is 0 Å². The Kier molecular flexibility index (Phi) is 3.38. The summed E-state index contributed by atoms with van der Waals surface area (Å²) in [6.07, 6.45) is -2.40. The Morgan fingerprint density at radius 3 is 2.53 bits per heavy atom. The Hall–Kier alpha value is -1.91. The zero-order valence-electron chi connectivity index (χ0n) is 7.94. The van der Waals surface area contributed by atoms with E-state index < -0.39 is 17.9 Å². The average molecular weight is 212 g/mol. The summed E-state index contributed by atoms with van der Waals surface area (Å²) in [5.41, 5.74) is -0.240. The van der Waals surface area contributed by atoms with Gasteiger partial charge < -0.3 is 9.84 Å². The SMILES string of the molecule is COC(=O)C(F)C(=O)c1ccccc1O.